The highest BCUT2D eigenvalue weighted by atomic mass is 79.9. The standard InChI is InChI=1S/C14H11BrN2O4/c15-12-9-10-11(19)6-3-1-2-4-7(6)17-8(18)5-14(10,17)20-13(9)21-16-12/h1-4,9-11,13,19H,5H2. The number of amides is 1. The van der Waals surface area contributed by atoms with Gasteiger partial charge in [-0.3, -0.25) is 9.69 Å². The van der Waals surface area contributed by atoms with Gasteiger partial charge < -0.3 is 14.7 Å². The number of oxime groups is 1. The summed E-state index contributed by atoms with van der Waals surface area (Å²) in [7, 11) is 0. The molecule has 4 heterocycles. The Morgan fingerprint density at radius 3 is 3.05 bits per heavy atom. The van der Waals surface area contributed by atoms with Crippen molar-refractivity contribution in [3.05, 3.63) is 29.8 Å². The molecule has 0 bridgehead atoms. The molecule has 2 fully saturated rings. The van der Waals surface area contributed by atoms with Gasteiger partial charge in [-0.1, -0.05) is 23.4 Å². The Morgan fingerprint density at radius 2 is 2.24 bits per heavy atom. The van der Waals surface area contributed by atoms with Gasteiger partial charge in [-0.2, -0.15) is 0 Å². The van der Waals surface area contributed by atoms with E-state index in [2.05, 4.69) is 21.1 Å². The number of aliphatic hydroxyl groups excluding tert-OH is 1. The Bertz CT molecular complexity index is 708. The second-order valence-electron chi connectivity index (χ2n) is 5.81. The maximum absolute atomic E-state index is 12.2. The molecule has 1 amide bonds. The van der Waals surface area contributed by atoms with Crippen LogP contribution in [-0.4, -0.2) is 27.6 Å². The Labute approximate surface area is 128 Å². The molecule has 0 aromatic heterocycles. The van der Waals surface area contributed by atoms with Crippen molar-refractivity contribution in [1.29, 1.82) is 0 Å². The number of carbonyl (C=O) groups excluding carboxylic acids is 1. The van der Waals surface area contributed by atoms with Gasteiger partial charge in [0.05, 0.1) is 30.0 Å². The van der Waals surface area contributed by atoms with Crippen molar-refractivity contribution < 1.29 is 19.5 Å². The zero-order valence-electron chi connectivity index (χ0n) is 10.8. The first-order valence-corrected chi connectivity index (χ1v) is 7.60. The fraction of sp³-hybridized carbons (Fsp3) is 0.429. The minimum absolute atomic E-state index is 0.00684. The Hall–Kier alpha value is -1.44. The molecule has 5 rings (SSSR count). The third-order valence-electron chi connectivity index (χ3n) is 4.91. The van der Waals surface area contributed by atoms with Crippen LogP contribution in [0.15, 0.2) is 29.4 Å². The summed E-state index contributed by atoms with van der Waals surface area (Å²) in [4.78, 5) is 19.1. The van der Waals surface area contributed by atoms with Gasteiger partial charge in [0.25, 0.3) is 0 Å². The molecule has 108 valence electrons. The lowest BCUT2D eigenvalue weighted by Crippen LogP contribution is -2.70. The quantitative estimate of drug-likeness (QED) is 0.719. The lowest BCUT2D eigenvalue weighted by Gasteiger charge is -2.56. The van der Waals surface area contributed by atoms with E-state index >= 15 is 0 Å². The Morgan fingerprint density at radius 1 is 1.43 bits per heavy atom. The van der Waals surface area contributed by atoms with Crippen LogP contribution in [-0.2, 0) is 14.4 Å². The van der Waals surface area contributed by atoms with Gasteiger partial charge in [0.15, 0.2) is 5.72 Å². The van der Waals surface area contributed by atoms with Crippen molar-refractivity contribution in [3.63, 3.8) is 0 Å². The summed E-state index contributed by atoms with van der Waals surface area (Å²) in [6.45, 7) is 0. The molecule has 1 spiro atoms. The van der Waals surface area contributed by atoms with Gasteiger partial charge in [-0.25, -0.2) is 0 Å². The van der Waals surface area contributed by atoms with Gasteiger partial charge in [-0.05, 0) is 22.0 Å². The molecule has 6 nitrogen and oxygen atoms in total. The number of hydrogen-bond acceptors (Lipinski definition) is 5. The molecule has 5 atom stereocenters. The molecular weight excluding hydrogens is 340 g/mol. The van der Waals surface area contributed by atoms with Gasteiger partial charge >= 0.3 is 0 Å². The number of para-hydroxylation sites is 1. The second-order valence-corrected chi connectivity index (χ2v) is 6.62. The molecule has 4 aliphatic heterocycles. The Kier molecular flexibility index (Phi) is 2.11. The fourth-order valence-electron chi connectivity index (χ4n) is 4.09. The van der Waals surface area contributed by atoms with Crippen molar-refractivity contribution in [2.24, 2.45) is 17.0 Å². The zero-order valence-corrected chi connectivity index (χ0v) is 12.4. The zero-order chi connectivity index (χ0) is 14.4. The summed E-state index contributed by atoms with van der Waals surface area (Å²) >= 11 is 3.39. The van der Waals surface area contributed by atoms with Crippen molar-refractivity contribution in [3.8, 4) is 0 Å². The van der Waals surface area contributed by atoms with Crippen molar-refractivity contribution in [1.82, 2.24) is 0 Å². The number of β-lactam (4-membered cyclic amide) rings is 1. The van der Waals surface area contributed by atoms with E-state index in [1.165, 1.54) is 0 Å². The number of benzene rings is 1. The van der Waals surface area contributed by atoms with Crippen molar-refractivity contribution in [2.45, 2.75) is 24.5 Å². The molecule has 5 unspecified atom stereocenters. The highest BCUT2D eigenvalue weighted by molar-refractivity contribution is 9.18. The summed E-state index contributed by atoms with van der Waals surface area (Å²) in [5.74, 6) is -0.466. The summed E-state index contributed by atoms with van der Waals surface area (Å²) in [6.07, 6.45) is -1.01. The first-order valence-electron chi connectivity index (χ1n) is 6.80. The lowest BCUT2D eigenvalue weighted by atomic mass is 9.70. The van der Waals surface area contributed by atoms with E-state index in [9.17, 15) is 9.90 Å². The van der Waals surface area contributed by atoms with Crippen LogP contribution in [0, 0.1) is 11.8 Å². The summed E-state index contributed by atoms with van der Waals surface area (Å²) in [5, 5.41) is 14.7. The average molecular weight is 351 g/mol. The largest absolute Gasteiger partial charge is 0.388 e. The average Bonchev–Trinajstić information content (AvgIpc) is 2.97. The van der Waals surface area contributed by atoms with Crippen LogP contribution < -0.4 is 4.90 Å². The molecular formula is C14H11BrN2O4. The van der Waals surface area contributed by atoms with Crippen LogP contribution in [0.1, 0.15) is 18.1 Å². The third-order valence-corrected chi connectivity index (χ3v) is 5.58. The summed E-state index contributed by atoms with van der Waals surface area (Å²) in [6, 6.07) is 7.41. The van der Waals surface area contributed by atoms with E-state index in [1.807, 2.05) is 24.3 Å². The number of fused-ring (bicyclic) bond motifs is 4. The summed E-state index contributed by atoms with van der Waals surface area (Å²) in [5.41, 5.74) is 0.669. The molecule has 1 N–H and O–H groups in total. The molecule has 1 aromatic carbocycles. The number of aliphatic hydroxyl groups is 1. The van der Waals surface area contributed by atoms with E-state index in [0.29, 0.717) is 4.62 Å². The van der Waals surface area contributed by atoms with E-state index < -0.39 is 18.1 Å². The summed E-state index contributed by atoms with van der Waals surface area (Å²) < 4.78 is 6.65. The van der Waals surface area contributed by atoms with Crippen LogP contribution >= 0.6 is 15.9 Å². The molecule has 4 aliphatic rings. The maximum atomic E-state index is 12.2. The SMILES string of the molecule is O=C1CC23OC4ON=C(Br)C4C2C(O)c2ccccc2N13. The van der Waals surface area contributed by atoms with Gasteiger partial charge in [0.2, 0.25) is 12.2 Å². The number of halogens is 1. The minimum atomic E-state index is -0.810. The highest BCUT2D eigenvalue weighted by Crippen LogP contribution is 2.62. The fourth-order valence-corrected chi connectivity index (χ4v) is 4.67. The normalized spacial score (nSPS) is 42.3. The molecule has 0 radical (unpaired) electrons. The van der Waals surface area contributed by atoms with Crippen molar-refractivity contribution >= 4 is 32.1 Å². The molecule has 2 saturated heterocycles. The monoisotopic (exact) mass is 350 g/mol. The van der Waals surface area contributed by atoms with Crippen LogP contribution in [0.3, 0.4) is 0 Å². The third kappa shape index (κ3) is 1.22. The molecule has 0 saturated carbocycles. The molecule has 1 aromatic rings. The van der Waals surface area contributed by atoms with Gasteiger partial charge in [0.1, 0.15) is 4.62 Å². The number of anilines is 1. The number of ether oxygens (including phenoxy) is 1. The predicted octanol–water partition coefficient (Wildman–Crippen LogP) is 1.49. The Balaban J connectivity index is 1.73. The molecule has 21 heavy (non-hydrogen) atoms. The van der Waals surface area contributed by atoms with E-state index in [4.69, 9.17) is 9.57 Å². The van der Waals surface area contributed by atoms with Crippen LogP contribution in [0.25, 0.3) is 0 Å². The van der Waals surface area contributed by atoms with Crippen LogP contribution in [0.2, 0.25) is 0 Å². The minimum Gasteiger partial charge on any atom is -0.388 e. The molecule has 7 heteroatoms. The second kappa shape index (κ2) is 3.66. The van der Waals surface area contributed by atoms with Crippen LogP contribution in [0.5, 0.6) is 0 Å². The lowest BCUT2D eigenvalue weighted by molar-refractivity contribution is -0.199. The first kappa shape index (κ1) is 12.1. The van der Waals surface area contributed by atoms with Gasteiger partial charge in [-0.15, -0.1) is 0 Å². The number of rotatable bonds is 0. The van der Waals surface area contributed by atoms with Crippen molar-refractivity contribution in [2.75, 3.05) is 4.90 Å². The predicted molar refractivity (Wildman–Crippen MR) is 75.5 cm³/mol. The topological polar surface area (TPSA) is 71.4 Å². The molecule has 0 aliphatic carbocycles. The van der Waals surface area contributed by atoms with E-state index in [-0.39, 0.29) is 24.2 Å². The smallest absolute Gasteiger partial charge is 0.238 e. The van der Waals surface area contributed by atoms with E-state index in [0.717, 1.165) is 11.3 Å². The van der Waals surface area contributed by atoms with E-state index in [1.54, 1.807) is 4.90 Å². The van der Waals surface area contributed by atoms with Gasteiger partial charge in [0, 0.05) is 5.56 Å². The first-order chi connectivity index (χ1) is 10.1. The number of carbonyl (C=O) groups is 1. The number of nitrogens with zero attached hydrogens (tertiary/aromatic N) is 2. The number of hydrogen-bond donors (Lipinski definition) is 1. The maximum Gasteiger partial charge on any atom is 0.238 e. The van der Waals surface area contributed by atoms with Crippen LogP contribution in [0.4, 0.5) is 5.69 Å². The highest BCUT2D eigenvalue weighted by Gasteiger charge is 2.73.